The number of rotatable bonds is 1. The summed E-state index contributed by atoms with van der Waals surface area (Å²) in [6.07, 6.45) is 1.64. The molecule has 2 heterocycles. The van der Waals surface area contributed by atoms with Crippen LogP contribution in [0.4, 0.5) is 5.95 Å². The monoisotopic (exact) mass is 240 g/mol. The quantitative estimate of drug-likeness (QED) is 0.817. The van der Waals surface area contributed by atoms with Gasteiger partial charge >= 0.3 is 0 Å². The first kappa shape index (κ1) is 8.18. The second-order valence-corrected chi connectivity index (χ2v) is 3.15. The highest BCUT2D eigenvalue weighted by Gasteiger charge is 2.10. The summed E-state index contributed by atoms with van der Waals surface area (Å²) in [5.74, 6) is 0.414. The summed E-state index contributed by atoms with van der Waals surface area (Å²) in [6.45, 7) is 0. The molecule has 0 aliphatic heterocycles. The maximum atomic E-state index is 5.31. The number of anilines is 1. The number of aromatic nitrogens is 3. The number of hydrogen-bond acceptors (Lipinski definition) is 5. The smallest absolute Gasteiger partial charge is 0.279 e. The van der Waals surface area contributed by atoms with Gasteiger partial charge in [0.25, 0.3) is 11.8 Å². The Morgan fingerprint density at radius 2 is 2.31 bits per heavy atom. The topological polar surface area (TPSA) is 77.8 Å². The van der Waals surface area contributed by atoms with Gasteiger partial charge in [0, 0.05) is 10.7 Å². The Labute approximate surface area is 82.1 Å². The minimum Gasteiger partial charge on any atom is -0.365 e. The van der Waals surface area contributed by atoms with Crippen molar-refractivity contribution in [2.24, 2.45) is 0 Å². The van der Waals surface area contributed by atoms with Crippen molar-refractivity contribution in [2.75, 3.05) is 5.73 Å². The lowest BCUT2D eigenvalue weighted by molar-refractivity contribution is 0.431. The Kier molecular flexibility index (Phi) is 1.97. The van der Waals surface area contributed by atoms with Crippen molar-refractivity contribution in [1.82, 2.24) is 15.1 Å². The van der Waals surface area contributed by atoms with E-state index >= 15 is 0 Å². The van der Waals surface area contributed by atoms with Crippen LogP contribution in [0.1, 0.15) is 0 Å². The summed E-state index contributed by atoms with van der Waals surface area (Å²) < 4.78 is 5.64. The summed E-state index contributed by atoms with van der Waals surface area (Å²) in [5.41, 5.74) is 5.90. The summed E-state index contributed by atoms with van der Waals surface area (Å²) in [6, 6.07) is 3.63. The molecule has 0 fully saturated rings. The largest absolute Gasteiger partial charge is 0.365 e. The van der Waals surface area contributed by atoms with Crippen LogP contribution in [-0.4, -0.2) is 15.1 Å². The van der Waals surface area contributed by atoms with Crippen LogP contribution < -0.4 is 5.73 Å². The van der Waals surface area contributed by atoms with Gasteiger partial charge in [-0.15, -0.1) is 0 Å². The van der Waals surface area contributed by atoms with E-state index in [1.54, 1.807) is 12.3 Å². The Bertz CT molecular complexity index is 428. The van der Waals surface area contributed by atoms with Crippen molar-refractivity contribution >= 4 is 21.9 Å². The van der Waals surface area contributed by atoms with Crippen LogP contribution in [0.25, 0.3) is 11.6 Å². The Morgan fingerprint density at radius 3 is 2.92 bits per heavy atom. The zero-order valence-corrected chi connectivity index (χ0v) is 8.02. The molecule has 2 aromatic heterocycles. The third-order valence-electron chi connectivity index (χ3n) is 1.40. The molecule has 0 bridgehead atoms. The number of halogens is 1. The Balaban J connectivity index is 2.52. The summed E-state index contributed by atoms with van der Waals surface area (Å²) in [5, 5.41) is 3.46. The van der Waals surface area contributed by atoms with Crippen molar-refractivity contribution in [3.05, 3.63) is 22.8 Å². The van der Waals surface area contributed by atoms with E-state index in [0.717, 1.165) is 4.47 Å². The number of nitrogen functional groups attached to an aromatic ring is 1. The lowest BCUT2D eigenvalue weighted by atomic mass is 10.3. The molecule has 2 N–H and O–H groups in total. The Hall–Kier alpha value is -1.43. The highest BCUT2D eigenvalue weighted by molar-refractivity contribution is 9.10. The van der Waals surface area contributed by atoms with Gasteiger partial charge in [-0.05, 0) is 33.2 Å². The molecule has 0 aliphatic rings. The first-order valence-corrected chi connectivity index (χ1v) is 4.27. The average Bonchev–Trinajstić information content (AvgIpc) is 2.53. The highest BCUT2D eigenvalue weighted by atomic mass is 79.9. The number of nitrogens with two attached hydrogens (primary N) is 1. The third-order valence-corrected chi connectivity index (χ3v) is 2.04. The van der Waals surface area contributed by atoms with Gasteiger partial charge in [0.2, 0.25) is 0 Å². The summed E-state index contributed by atoms with van der Waals surface area (Å²) in [7, 11) is 0. The van der Waals surface area contributed by atoms with Gasteiger partial charge in [-0.25, -0.2) is 4.98 Å². The molecule has 0 aliphatic carbocycles. The molecule has 0 unspecified atom stereocenters. The van der Waals surface area contributed by atoms with E-state index in [4.69, 9.17) is 10.3 Å². The normalized spacial score (nSPS) is 10.2. The van der Waals surface area contributed by atoms with Crippen LogP contribution in [0.5, 0.6) is 0 Å². The van der Waals surface area contributed by atoms with Crippen molar-refractivity contribution in [3.8, 4) is 11.6 Å². The molecule has 5 nitrogen and oxygen atoms in total. The lowest BCUT2D eigenvalue weighted by Crippen LogP contribution is -1.87. The molecule has 6 heteroatoms. The predicted molar refractivity (Wildman–Crippen MR) is 49.6 cm³/mol. The summed E-state index contributed by atoms with van der Waals surface area (Å²) >= 11 is 3.31. The van der Waals surface area contributed by atoms with Crippen LogP contribution in [0.2, 0.25) is 0 Å². The molecule has 0 radical (unpaired) electrons. The number of pyridine rings is 1. The lowest BCUT2D eigenvalue weighted by Gasteiger charge is -1.94. The van der Waals surface area contributed by atoms with Gasteiger partial charge < -0.3 is 10.3 Å². The zero-order valence-electron chi connectivity index (χ0n) is 6.44. The fraction of sp³-hybridized carbons (Fsp3) is 0. The van der Waals surface area contributed by atoms with E-state index in [9.17, 15) is 0 Å². The molecular formula is C7H5BrN4O. The van der Waals surface area contributed by atoms with E-state index in [1.807, 2.05) is 6.07 Å². The maximum Gasteiger partial charge on any atom is 0.279 e. The van der Waals surface area contributed by atoms with Crippen molar-refractivity contribution in [2.45, 2.75) is 0 Å². The third kappa shape index (κ3) is 1.52. The van der Waals surface area contributed by atoms with E-state index < -0.39 is 0 Å². The van der Waals surface area contributed by atoms with Crippen LogP contribution in [-0.2, 0) is 0 Å². The second-order valence-electron chi connectivity index (χ2n) is 2.29. The van der Waals surface area contributed by atoms with E-state index in [0.29, 0.717) is 11.6 Å². The highest BCUT2D eigenvalue weighted by Crippen LogP contribution is 2.23. The van der Waals surface area contributed by atoms with Gasteiger partial charge in [-0.2, -0.15) is 4.98 Å². The van der Waals surface area contributed by atoms with Crippen molar-refractivity contribution in [1.29, 1.82) is 0 Å². The minimum atomic E-state index is 0.104. The molecule has 0 amide bonds. The van der Waals surface area contributed by atoms with Crippen molar-refractivity contribution in [3.63, 3.8) is 0 Å². The van der Waals surface area contributed by atoms with Gasteiger partial charge in [0.05, 0.1) is 0 Å². The second kappa shape index (κ2) is 3.14. The SMILES string of the molecule is Nc1noc(-c2ncccc2Br)n1. The molecule has 2 aromatic rings. The fourth-order valence-corrected chi connectivity index (χ4v) is 1.30. The average molecular weight is 241 g/mol. The van der Waals surface area contributed by atoms with E-state index in [2.05, 4.69) is 31.1 Å². The molecule has 2 rings (SSSR count). The van der Waals surface area contributed by atoms with Gasteiger partial charge in [0.1, 0.15) is 5.69 Å². The van der Waals surface area contributed by atoms with Crippen LogP contribution in [0.15, 0.2) is 27.3 Å². The Morgan fingerprint density at radius 1 is 1.46 bits per heavy atom. The molecular weight excluding hydrogens is 236 g/mol. The molecule has 0 saturated heterocycles. The van der Waals surface area contributed by atoms with Crippen molar-refractivity contribution < 1.29 is 4.52 Å². The maximum absolute atomic E-state index is 5.31. The van der Waals surface area contributed by atoms with E-state index in [1.165, 1.54) is 0 Å². The molecule has 0 atom stereocenters. The van der Waals surface area contributed by atoms with Crippen LogP contribution >= 0.6 is 15.9 Å². The first-order chi connectivity index (χ1) is 6.27. The van der Waals surface area contributed by atoms with Gasteiger partial charge in [-0.3, -0.25) is 0 Å². The number of hydrogen-bond donors (Lipinski definition) is 1. The molecule has 0 aromatic carbocycles. The van der Waals surface area contributed by atoms with Gasteiger partial charge in [0.15, 0.2) is 0 Å². The summed E-state index contributed by atoms with van der Waals surface area (Å²) in [4.78, 5) is 7.91. The van der Waals surface area contributed by atoms with E-state index in [-0.39, 0.29) is 5.95 Å². The molecule has 0 saturated carbocycles. The van der Waals surface area contributed by atoms with Crippen LogP contribution in [0.3, 0.4) is 0 Å². The predicted octanol–water partition coefficient (Wildman–Crippen LogP) is 1.48. The number of nitrogens with zero attached hydrogens (tertiary/aromatic N) is 3. The standard InChI is InChI=1S/C7H5BrN4O/c8-4-2-1-3-10-5(4)6-11-7(9)12-13-6/h1-3H,(H2,9,12). The first-order valence-electron chi connectivity index (χ1n) is 3.47. The molecule has 13 heavy (non-hydrogen) atoms. The zero-order chi connectivity index (χ0) is 9.26. The molecule has 66 valence electrons. The molecule has 0 spiro atoms. The van der Waals surface area contributed by atoms with Gasteiger partial charge in [-0.1, -0.05) is 0 Å². The fourth-order valence-electron chi connectivity index (χ4n) is 0.874. The van der Waals surface area contributed by atoms with Crippen LogP contribution in [0, 0.1) is 0 Å². The minimum absolute atomic E-state index is 0.104.